The van der Waals surface area contributed by atoms with Gasteiger partial charge in [-0.25, -0.2) is 0 Å². The lowest BCUT2D eigenvalue weighted by atomic mass is 10.0. The summed E-state index contributed by atoms with van der Waals surface area (Å²) in [4.78, 5) is 41.3. The Balaban J connectivity index is 1.47. The molecule has 0 aliphatic heterocycles. The molecule has 2 atom stereocenters. The fourth-order valence-corrected chi connectivity index (χ4v) is 6.73. The van der Waals surface area contributed by atoms with E-state index in [9.17, 15) is 24.6 Å². The van der Waals surface area contributed by atoms with Gasteiger partial charge in [-0.05, 0) is 56.3 Å². The highest BCUT2D eigenvalue weighted by Crippen LogP contribution is 2.40. The van der Waals surface area contributed by atoms with Gasteiger partial charge in [0.15, 0.2) is 23.0 Å². The van der Waals surface area contributed by atoms with E-state index in [1.807, 2.05) is 0 Å². The fraction of sp³-hybridized carbons (Fsp3) is 0.182. The van der Waals surface area contributed by atoms with Crippen molar-refractivity contribution in [2.24, 2.45) is 0 Å². The first kappa shape index (κ1) is 32.5. The molecule has 48 heavy (non-hydrogen) atoms. The number of methoxy groups -OCH3 is 2. The largest absolute Gasteiger partial charge is 0.505 e. The second kappa shape index (κ2) is 13.4. The highest BCUT2D eigenvalue weighted by Gasteiger charge is 2.27. The van der Waals surface area contributed by atoms with Gasteiger partial charge in [0, 0.05) is 15.4 Å². The number of hydrogen-bond acceptors (Lipinski definition) is 13. The third-order valence-electron chi connectivity index (χ3n) is 7.32. The molecule has 4 aromatic carbocycles. The van der Waals surface area contributed by atoms with Crippen molar-refractivity contribution < 1.29 is 34.1 Å². The summed E-state index contributed by atoms with van der Waals surface area (Å²) in [6.45, 7) is 3.45. The molecule has 0 spiro atoms. The van der Waals surface area contributed by atoms with Crippen LogP contribution in [0.5, 0.6) is 11.5 Å². The van der Waals surface area contributed by atoms with Gasteiger partial charge in [-0.1, -0.05) is 30.3 Å². The molecule has 13 nitrogen and oxygen atoms in total. The van der Waals surface area contributed by atoms with Crippen LogP contribution in [0, 0.1) is 0 Å². The zero-order valence-electron chi connectivity index (χ0n) is 26.0. The molecule has 0 bridgehead atoms. The molecule has 0 saturated carbocycles. The standard InChI is InChI=1S/C33H28N6O7S2/c1-17(32(43)45-3)47-20-10-12-23-25(14-20)36-38(34-23)27-16-22(29(40)19-8-6-5-7-9-19)30(41)28(31(27)42)39-35-24-13-11-21(15-26(24)37-39)48-18(2)33(44)46-4/h5-18,41-42H,1-4H3. The van der Waals surface area contributed by atoms with Gasteiger partial charge >= 0.3 is 11.9 Å². The van der Waals surface area contributed by atoms with Gasteiger partial charge in [0.2, 0.25) is 0 Å². The van der Waals surface area contributed by atoms with Gasteiger partial charge in [0.1, 0.15) is 38.3 Å². The van der Waals surface area contributed by atoms with Gasteiger partial charge in [-0.15, -0.1) is 53.5 Å². The predicted molar refractivity (Wildman–Crippen MR) is 179 cm³/mol. The van der Waals surface area contributed by atoms with Crippen molar-refractivity contribution in [3.63, 3.8) is 0 Å². The van der Waals surface area contributed by atoms with Crippen LogP contribution < -0.4 is 0 Å². The summed E-state index contributed by atoms with van der Waals surface area (Å²) >= 11 is 2.57. The first-order valence-electron chi connectivity index (χ1n) is 14.5. The van der Waals surface area contributed by atoms with Crippen LogP contribution in [0.15, 0.2) is 82.6 Å². The van der Waals surface area contributed by atoms with Crippen molar-refractivity contribution in [3.05, 3.63) is 83.9 Å². The third kappa shape index (κ3) is 6.29. The number of phenols is 2. The molecular formula is C33H28N6O7S2. The van der Waals surface area contributed by atoms with Crippen LogP contribution in [0.25, 0.3) is 33.4 Å². The van der Waals surface area contributed by atoms with Gasteiger partial charge in [0.05, 0.1) is 19.8 Å². The summed E-state index contributed by atoms with van der Waals surface area (Å²) in [5, 5.41) is 40.3. The van der Waals surface area contributed by atoms with Crippen molar-refractivity contribution in [2.45, 2.75) is 34.1 Å². The molecule has 2 unspecified atom stereocenters. The zero-order valence-corrected chi connectivity index (χ0v) is 27.7. The molecule has 0 amide bonds. The molecule has 0 fully saturated rings. The number of aromatic hydroxyl groups is 2. The minimum atomic E-state index is -0.550. The van der Waals surface area contributed by atoms with E-state index in [1.54, 1.807) is 80.6 Å². The Bertz CT molecular complexity index is 2200. The quantitative estimate of drug-likeness (QED) is 0.111. The van der Waals surface area contributed by atoms with Crippen molar-refractivity contribution in [3.8, 4) is 22.9 Å². The van der Waals surface area contributed by atoms with Gasteiger partial charge in [-0.2, -0.15) is 0 Å². The first-order valence-corrected chi connectivity index (χ1v) is 16.3. The zero-order chi connectivity index (χ0) is 34.1. The number of carbonyl (C=O) groups is 3. The third-order valence-corrected chi connectivity index (χ3v) is 9.46. The SMILES string of the molecule is COC(=O)C(C)Sc1ccc2nn(-c3cc(C(=O)c4ccccc4)c(O)c(-n4nc5ccc(SC(C)C(=O)OC)cc5n4)c3O)nc2c1. The summed E-state index contributed by atoms with van der Waals surface area (Å²) < 4.78 is 9.64. The molecule has 244 valence electrons. The van der Waals surface area contributed by atoms with Crippen LogP contribution in [0.3, 0.4) is 0 Å². The van der Waals surface area contributed by atoms with E-state index in [-0.39, 0.29) is 28.9 Å². The second-order valence-electron chi connectivity index (χ2n) is 10.5. The van der Waals surface area contributed by atoms with E-state index in [0.29, 0.717) is 27.6 Å². The number of aromatic nitrogens is 6. The average molecular weight is 685 g/mol. The smallest absolute Gasteiger partial charge is 0.318 e. The molecular weight excluding hydrogens is 657 g/mol. The molecule has 15 heteroatoms. The fourth-order valence-electron chi connectivity index (χ4n) is 4.87. The van der Waals surface area contributed by atoms with Crippen LogP contribution in [0.1, 0.15) is 29.8 Å². The second-order valence-corrected chi connectivity index (χ2v) is 13.4. The van der Waals surface area contributed by atoms with E-state index >= 15 is 0 Å². The number of thioether (sulfide) groups is 2. The summed E-state index contributed by atoms with van der Waals surface area (Å²) in [5.74, 6) is -2.30. The molecule has 2 N–H and O–H groups in total. The number of ketones is 1. The molecule has 0 saturated heterocycles. The Morgan fingerprint density at radius 3 is 1.71 bits per heavy atom. The Hall–Kier alpha value is -5.41. The minimum Gasteiger partial charge on any atom is -0.505 e. The van der Waals surface area contributed by atoms with Crippen molar-refractivity contribution in [1.82, 2.24) is 30.0 Å². The number of nitrogens with zero attached hydrogens (tertiary/aromatic N) is 6. The summed E-state index contributed by atoms with van der Waals surface area (Å²) in [6.07, 6.45) is 0. The van der Waals surface area contributed by atoms with Crippen LogP contribution in [0.2, 0.25) is 0 Å². The Morgan fingerprint density at radius 1 is 0.667 bits per heavy atom. The maximum absolute atomic E-state index is 13.7. The maximum atomic E-state index is 13.7. The summed E-state index contributed by atoms with van der Waals surface area (Å²) in [7, 11) is 2.65. The van der Waals surface area contributed by atoms with Gasteiger partial charge < -0.3 is 19.7 Å². The number of fused-ring (bicyclic) bond motifs is 2. The first-order chi connectivity index (χ1) is 23.1. The van der Waals surface area contributed by atoms with Crippen molar-refractivity contribution >= 4 is 63.3 Å². The molecule has 0 radical (unpaired) electrons. The minimum absolute atomic E-state index is 0.0140. The lowest BCUT2D eigenvalue weighted by Crippen LogP contribution is -2.14. The average Bonchev–Trinajstić information content (AvgIpc) is 3.71. The van der Waals surface area contributed by atoms with Crippen molar-refractivity contribution in [1.29, 1.82) is 0 Å². The molecule has 6 aromatic rings. The van der Waals surface area contributed by atoms with E-state index in [1.165, 1.54) is 43.8 Å². The van der Waals surface area contributed by atoms with Gasteiger partial charge in [0.25, 0.3) is 0 Å². The van der Waals surface area contributed by atoms with Crippen LogP contribution in [-0.2, 0) is 19.1 Å². The number of rotatable bonds is 10. The lowest BCUT2D eigenvalue weighted by Gasteiger charge is -2.14. The predicted octanol–water partition coefficient (Wildman–Crippen LogP) is 5.10. The highest BCUT2D eigenvalue weighted by atomic mass is 32.2. The monoisotopic (exact) mass is 684 g/mol. The summed E-state index contributed by atoms with van der Waals surface area (Å²) in [5.41, 5.74) is 1.66. The molecule has 2 heterocycles. The Morgan fingerprint density at radius 2 is 1.17 bits per heavy atom. The maximum Gasteiger partial charge on any atom is 0.318 e. The summed E-state index contributed by atoms with van der Waals surface area (Å²) in [6, 6.07) is 20.1. The molecule has 0 aliphatic rings. The Labute approximate surface area is 281 Å². The molecule has 6 rings (SSSR count). The van der Waals surface area contributed by atoms with E-state index in [0.717, 1.165) is 19.4 Å². The number of carbonyl (C=O) groups excluding carboxylic acids is 3. The number of hydrogen-bond donors (Lipinski definition) is 2. The lowest BCUT2D eigenvalue weighted by molar-refractivity contribution is -0.140. The van der Waals surface area contributed by atoms with Crippen molar-refractivity contribution in [2.75, 3.05) is 14.2 Å². The normalized spacial score (nSPS) is 12.6. The topological polar surface area (TPSA) is 172 Å². The highest BCUT2D eigenvalue weighted by molar-refractivity contribution is 8.00. The Kier molecular flexibility index (Phi) is 9.06. The number of phenolic OH excluding ortho intramolecular Hbond substituents is 2. The molecule has 0 aliphatic carbocycles. The van der Waals surface area contributed by atoms with Crippen LogP contribution in [-0.4, -0.2) is 82.6 Å². The number of esters is 2. The molecule has 2 aromatic heterocycles. The van der Waals surface area contributed by atoms with E-state index < -0.39 is 27.8 Å². The number of ether oxygens (including phenoxy) is 2. The van der Waals surface area contributed by atoms with Crippen LogP contribution in [0.4, 0.5) is 0 Å². The number of benzene rings is 4. The van der Waals surface area contributed by atoms with E-state index in [2.05, 4.69) is 20.4 Å². The van der Waals surface area contributed by atoms with Crippen LogP contribution >= 0.6 is 23.5 Å². The van der Waals surface area contributed by atoms with E-state index in [4.69, 9.17) is 9.47 Å². The van der Waals surface area contributed by atoms with Gasteiger partial charge in [-0.3, -0.25) is 14.4 Å².